The lowest BCUT2D eigenvalue weighted by Gasteiger charge is -2.21. The van der Waals surface area contributed by atoms with Crippen molar-refractivity contribution < 1.29 is 9.84 Å². The molecule has 1 heterocycles. The Morgan fingerprint density at radius 1 is 1.33 bits per heavy atom. The molecule has 3 heteroatoms. The van der Waals surface area contributed by atoms with Gasteiger partial charge in [0.15, 0.2) is 11.5 Å². The van der Waals surface area contributed by atoms with Crippen molar-refractivity contribution in [3.63, 3.8) is 0 Å². The van der Waals surface area contributed by atoms with Gasteiger partial charge in [0.2, 0.25) is 0 Å². The summed E-state index contributed by atoms with van der Waals surface area (Å²) in [6.45, 7) is 5.39. The summed E-state index contributed by atoms with van der Waals surface area (Å²) >= 11 is 0. The van der Waals surface area contributed by atoms with Gasteiger partial charge in [-0.05, 0) is 44.3 Å². The van der Waals surface area contributed by atoms with E-state index < -0.39 is 0 Å². The first-order chi connectivity index (χ1) is 8.70. The number of ether oxygens (including phenoxy) is 1. The first-order valence-corrected chi connectivity index (χ1v) is 6.78. The molecule has 1 saturated heterocycles. The molecule has 0 bridgehead atoms. The summed E-state index contributed by atoms with van der Waals surface area (Å²) in [6.07, 6.45) is 3.83. The van der Waals surface area contributed by atoms with Crippen molar-refractivity contribution in [3.8, 4) is 11.5 Å². The monoisotopic (exact) mass is 249 g/mol. The molecule has 1 aliphatic rings. The number of likely N-dealkylation sites (tertiary alicyclic amines) is 1. The van der Waals surface area contributed by atoms with Crippen LogP contribution >= 0.6 is 0 Å². The number of rotatable bonds is 3. The zero-order valence-corrected chi connectivity index (χ0v) is 11.4. The van der Waals surface area contributed by atoms with Crippen molar-refractivity contribution in [2.24, 2.45) is 5.92 Å². The van der Waals surface area contributed by atoms with Crippen molar-refractivity contribution in [2.45, 2.75) is 32.7 Å². The molecule has 0 amide bonds. The van der Waals surface area contributed by atoms with Crippen LogP contribution in [0.25, 0.3) is 0 Å². The fourth-order valence-electron chi connectivity index (χ4n) is 2.58. The molecule has 1 aromatic rings. The van der Waals surface area contributed by atoms with Gasteiger partial charge in [-0.15, -0.1) is 0 Å². The summed E-state index contributed by atoms with van der Waals surface area (Å²) in [5.74, 6) is 1.68. The van der Waals surface area contributed by atoms with E-state index in [0.717, 1.165) is 31.1 Å². The Morgan fingerprint density at radius 3 is 2.94 bits per heavy atom. The smallest absolute Gasteiger partial charge is 0.162 e. The van der Waals surface area contributed by atoms with Crippen molar-refractivity contribution in [3.05, 3.63) is 23.8 Å². The second-order valence-electron chi connectivity index (χ2n) is 5.28. The fraction of sp³-hybridized carbons (Fsp3) is 0.600. The van der Waals surface area contributed by atoms with Gasteiger partial charge in [0.25, 0.3) is 0 Å². The van der Waals surface area contributed by atoms with Gasteiger partial charge < -0.3 is 9.84 Å². The quantitative estimate of drug-likeness (QED) is 0.893. The van der Waals surface area contributed by atoms with E-state index in [-0.39, 0.29) is 5.75 Å². The second kappa shape index (κ2) is 6.10. The Hall–Kier alpha value is -1.22. The molecule has 3 nitrogen and oxygen atoms in total. The topological polar surface area (TPSA) is 32.7 Å². The molecule has 1 atom stereocenters. The number of phenols is 1. The summed E-state index contributed by atoms with van der Waals surface area (Å²) in [5.41, 5.74) is 0.962. The maximum absolute atomic E-state index is 10.1. The van der Waals surface area contributed by atoms with E-state index in [1.165, 1.54) is 19.3 Å². The SMILES string of the molecule is COc1cccc(CN2CCCC(C)CC2)c1O. The first kappa shape index (κ1) is 13.2. The van der Waals surface area contributed by atoms with Crippen LogP contribution in [0.1, 0.15) is 31.7 Å². The lowest BCUT2D eigenvalue weighted by molar-refractivity contribution is 0.268. The van der Waals surface area contributed by atoms with Crippen LogP contribution in [0.2, 0.25) is 0 Å². The molecule has 0 radical (unpaired) electrons. The summed E-state index contributed by atoms with van der Waals surface area (Å²) in [7, 11) is 1.59. The number of nitrogens with zero attached hydrogens (tertiary/aromatic N) is 1. The highest BCUT2D eigenvalue weighted by molar-refractivity contribution is 5.45. The summed E-state index contributed by atoms with van der Waals surface area (Å²) in [4.78, 5) is 2.43. The summed E-state index contributed by atoms with van der Waals surface area (Å²) < 4.78 is 5.15. The van der Waals surface area contributed by atoms with Gasteiger partial charge in [-0.2, -0.15) is 0 Å². The predicted molar refractivity (Wildman–Crippen MR) is 73.0 cm³/mol. The minimum absolute atomic E-state index is 0.289. The molecule has 0 spiro atoms. The van der Waals surface area contributed by atoms with Gasteiger partial charge >= 0.3 is 0 Å². The molecule has 100 valence electrons. The minimum Gasteiger partial charge on any atom is -0.504 e. The fourth-order valence-corrected chi connectivity index (χ4v) is 2.58. The van der Waals surface area contributed by atoms with Crippen LogP contribution in [0.5, 0.6) is 11.5 Å². The number of aromatic hydroxyl groups is 1. The van der Waals surface area contributed by atoms with Crippen molar-refractivity contribution >= 4 is 0 Å². The van der Waals surface area contributed by atoms with E-state index in [9.17, 15) is 5.11 Å². The Labute approximate surface area is 109 Å². The van der Waals surface area contributed by atoms with E-state index >= 15 is 0 Å². The van der Waals surface area contributed by atoms with E-state index in [4.69, 9.17) is 4.74 Å². The summed E-state index contributed by atoms with van der Waals surface area (Å²) in [5, 5.41) is 10.1. The average molecular weight is 249 g/mol. The molecule has 18 heavy (non-hydrogen) atoms. The van der Waals surface area contributed by atoms with Gasteiger partial charge in [0, 0.05) is 12.1 Å². The molecule has 1 aromatic carbocycles. The lowest BCUT2D eigenvalue weighted by Crippen LogP contribution is -2.24. The maximum atomic E-state index is 10.1. The molecule has 0 aromatic heterocycles. The third-order valence-electron chi connectivity index (χ3n) is 3.81. The molecule has 1 unspecified atom stereocenters. The average Bonchev–Trinajstić information content (AvgIpc) is 2.57. The van der Waals surface area contributed by atoms with E-state index in [0.29, 0.717) is 5.75 Å². The second-order valence-corrected chi connectivity index (χ2v) is 5.28. The van der Waals surface area contributed by atoms with E-state index in [1.807, 2.05) is 12.1 Å². The highest BCUT2D eigenvalue weighted by atomic mass is 16.5. The van der Waals surface area contributed by atoms with Gasteiger partial charge in [-0.3, -0.25) is 4.90 Å². The van der Waals surface area contributed by atoms with Crippen molar-refractivity contribution in [1.82, 2.24) is 4.90 Å². The zero-order chi connectivity index (χ0) is 13.0. The number of phenolic OH excluding ortho intramolecular Hbond substituents is 1. The number of hydrogen-bond acceptors (Lipinski definition) is 3. The van der Waals surface area contributed by atoms with Crippen LogP contribution < -0.4 is 4.74 Å². The molecule has 0 saturated carbocycles. The van der Waals surface area contributed by atoms with Gasteiger partial charge in [0.05, 0.1) is 7.11 Å². The van der Waals surface area contributed by atoms with Gasteiger partial charge in [-0.1, -0.05) is 19.1 Å². The third kappa shape index (κ3) is 3.16. The van der Waals surface area contributed by atoms with Crippen LogP contribution in [-0.4, -0.2) is 30.2 Å². The van der Waals surface area contributed by atoms with E-state index in [2.05, 4.69) is 11.8 Å². The van der Waals surface area contributed by atoms with Crippen LogP contribution in [-0.2, 0) is 6.54 Å². The molecular formula is C15H23NO2. The Bertz CT molecular complexity index is 392. The van der Waals surface area contributed by atoms with E-state index in [1.54, 1.807) is 13.2 Å². The number of hydrogen-bond donors (Lipinski definition) is 1. The molecule has 1 fully saturated rings. The van der Waals surface area contributed by atoms with Crippen LogP contribution in [0, 0.1) is 5.92 Å². The zero-order valence-electron chi connectivity index (χ0n) is 11.4. The number of methoxy groups -OCH3 is 1. The standard InChI is InChI=1S/C15H23NO2/c1-12-5-4-9-16(10-8-12)11-13-6-3-7-14(18-2)15(13)17/h3,6-7,12,17H,4-5,8-11H2,1-2H3. The maximum Gasteiger partial charge on any atom is 0.162 e. The highest BCUT2D eigenvalue weighted by Gasteiger charge is 2.16. The van der Waals surface area contributed by atoms with Gasteiger partial charge in [-0.25, -0.2) is 0 Å². The van der Waals surface area contributed by atoms with Crippen LogP contribution in [0.15, 0.2) is 18.2 Å². The predicted octanol–water partition coefficient (Wildman–Crippen LogP) is 3.02. The van der Waals surface area contributed by atoms with Gasteiger partial charge in [0.1, 0.15) is 0 Å². The Kier molecular flexibility index (Phi) is 4.48. The third-order valence-corrected chi connectivity index (χ3v) is 3.81. The van der Waals surface area contributed by atoms with Crippen LogP contribution in [0.3, 0.4) is 0 Å². The molecular weight excluding hydrogens is 226 g/mol. The highest BCUT2D eigenvalue weighted by Crippen LogP contribution is 2.30. The first-order valence-electron chi connectivity index (χ1n) is 6.78. The molecule has 1 N–H and O–H groups in total. The van der Waals surface area contributed by atoms with Crippen LogP contribution in [0.4, 0.5) is 0 Å². The van der Waals surface area contributed by atoms with Crippen molar-refractivity contribution in [2.75, 3.05) is 20.2 Å². The van der Waals surface area contributed by atoms with Crippen molar-refractivity contribution in [1.29, 1.82) is 0 Å². The Morgan fingerprint density at radius 2 is 2.17 bits per heavy atom. The molecule has 0 aliphatic carbocycles. The molecule has 1 aliphatic heterocycles. The lowest BCUT2D eigenvalue weighted by atomic mass is 10.0. The number of benzene rings is 1. The molecule has 2 rings (SSSR count). The number of para-hydroxylation sites is 1. The summed E-state index contributed by atoms with van der Waals surface area (Å²) in [6, 6.07) is 5.71. The largest absolute Gasteiger partial charge is 0.504 e. The minimum atomic E-state index is 0.289. The Balaban J connectivity index is 2.04. The normalized spacial score (nSPS) is 21.6.